The molecule has 3 N–H and O–H groups in total. The van der Waals surface area contributed by atoms with Crippen molar-refractivity contribution in [3.63, 3.8) is 0 Å². The van der Waals surface area contributed by atoms with Gasteiger partial charge in [-0.25, -0.2) is 9.98 Å². The zero-order valence-electron chi connectivity index (χ0n) is 20.7. The molecule has 0 aliphatic rings. The Morgan fingerprint density at radius 3 is 2.50 bits per heavy atom. The summed E-state index contributed by atoms with van der Waals surface area (Å²) in [5.74, 6) is -0.275. The van der Waals surface area contributed by atoms with Crippen LogP contribution in [0, 0.1) is 10.1 Å². The van der Waals surface area contributed by atoms with E-state index in [1.54, 1.807) is 12.4 Å². The highest BCUT2D eigenvalue weighted by Crippen LogP contribution is 2.34. The zero-order valence-corrected chi connectivity index (χ0v) is 20.7. The lowest BCUT2D eigenvalue weighted by molar-refractivity contribution is -0.384. The average Bonchev–Trinajstić information content (AvgIpc) is 3.48. The molecule has 38 heavy (non-hydrogen) atoms. The molecule has 0 spiro atoms. The third-order valence-electron chi connectivity index (χ3n) is 6.09. The molecule has 0 fully saturated rings. The third kappa shape index (κ3) is 5.00. The lowest BCUT2D eigenvalue weighted by Gasteiger charge is -2.10. The number of benzene rings is 3. The van der Waals surface area contributed by atoms with Crippen molar-refractivity contribution < 1.29 is 14.8 Å². The van der Waals surface area contributed by atoms with Gasteiger partial charge in [-0.1, -0.05) is 36.4 Å². The maximum atomic E-state index is 11.5. The highest BCUT2D eigenvalue weighted by atomic mass is 16.6. The van der Waals surface area contributed by atoms with Gasteiger partial charge < -0.3 is 20.0 Å². The molecule has 0 bridgehead atoms. The molecule has 5 aromatic rings. The van der Waals surface area contributed by atoms with E-state index in [0.717, 1.165) is 16.8 Å². The lowest BCUT2D eigenvalue weighted by Crippen LogP contribution is -2.18. The van der Waals surface area contributed by atoms with Crippen molar-refractivity contribution >= 4 is 33.9 Å². The number of nitro benzene ring substituents is 1. The van der Waals surface area contributed by atoms with Crippen LogP contribution in [-0.2, 0) is 18.4 Å². The summed E-state index contributed by atoms with van der Waals surface area (Å²) in [6.07, 6.45) is 3.65. The Morgan fingerprint density at radius 1 is 1.13 bits per heavy atom. The number of fused-ring (bicyclic) bond motifs is 1. The summed E-state index contributed by atoms with van der Waals surface area (Å²) < 4.78 is 1.87. The quantitative estimate of drug-likeness (QED) is 0.162. The maximum absolute atomic E-state index is 11.5. The Labute approximate surface area is 217 Å². The van der Waals surface area contributed by atoms with Crippen molar-refractivity contribution in [2.75, 3.05) is 0 Å². The number of carbonyl (C=O) groups excluding carboxylic acids is 1. The molecular formula is C28H24N6O4. The van der Waals surface area contributed by atoms with Crippen LogP contribution in [-0.4, -0.2) is 36.2 Å². The largest absolute Gasteiger partial charge is 0.494 e. The second kappa shape index (κ2) is 10.0. The number of nitrogens with zero attached hydrogens (tertiary/aromatic N) is 4. The molecule has 0 atom stereocenters. The molecule has 10 nitrogen and oxygen atoms in total. The Kier molecular flexibility index (Phi) is 6.44. The van der Waals surface area contributed by atoms with Crippen LogP contribution >= 0.6 is 0 Å². The van der Waals surface area contributed by atoms with Gasteiger partial charge in [0.2, 0.25) is 5.91 Å². The summed E-state index contributed by atoms with van der Waals surface area (Å²) in [4.78, 5) is 34.4. The van der Waals surface area contributed by atoms with Gasteiger partial charge in [0.05, 0.1) is 33.9 Å². The molecule has 2 aromatic heterocycles. The number of imidazole rings is 1. The molecule has 0 unspecified atom stereocenters. The standard InChI is InChI=1S/C28H24N6O4/c1-17(35)29-14-18-3-5-20(6-4-18)27(26-23-13-22(34(37)38)11-12-24(23)32-28(26)36)31-21-9-7-19(8-10-21)25-15-33(2)16-30-25/h3-13,15-16,32,36H,14H2,1-2H3,(H,29,35). The Bertz CT molecular complexity index is 1680. The van der Waals surface area contributed by atoms with Gasteiger partial charge in [-0.2, -0.15) is 0 Å². The molecule has 0 aliphatic heterocycles. The first-order valence-electron chi connectivity index (χ1n) is 11.8. The van der Waals surface area contributed by atoms with Crippen LogP contribution in [0.15, 0.2) is 84.2 Å². The van der Waals surface area contributed by atoms with Crippen molar-refractivity contribution in [1.82, 2.24) is 19.9 Å². The SMILES string of the molecule is CC(=O)NCc1ccc(C(=Nc2ccc(-c3cn(C)cn3)cc2)c2c(O)[nH]c3ccc([N+](=O)[O-])cc23)cc1. The second-order valence-corrected chi connectivity index (χ2v) is 8.87. The number of aryl methyl sites for hydroxylation is 1. The van der Waals surface area contributed by atoms with Crippen LogP contribution in [0.1, 0.15) is 23.6 Å². The number of aliphatic imine (C=N–C) groups is 1. The van der Waals surface area contributed by atoms with Gasteiger partial charge in [-0.15, -0.1) is 0 Å². The fourth-order valence-corrected chi connectivity index (χ4v) is 4.19. The summed E-state index contributed by atoms with van der Waals surface area (Å²) >= 11 is 0. The number of carbonyl (C=O) groups is 1. The molecule has 0 radical (unpaired) electrons. The predicted molar refractivity (Wildman–Crippen MR) is 145 cm³/mol. The Morgan fingerprint density at radius 2 is 1.87 bits per heavy atom. The molecule has 0 saturated heterocycles. The van der Waals surface area contributed by atoms with E-state index in [0.29, 0.717) is 40.0 Å². The van der Waals surface area contributed by atoms with Crippen molar-refractivity contribution in [3.8, 4) is 17.1 Å². The minimum atomic E-state index is -0.475. The molecule has 2 heterocycles. The van der Waals surface area contributed by atoms with E-state index in [4.69, 9.17) is 4.99 Å². The number of aromatic hydroxyl groups is 1. The minimum Gasteiger partial charge on any atom is -0.494 e. The topological polar surface area (TPSA) is 138 Å². The molecule has 0 saturated carbocycles. The van der Waals surface area contributed by atoms with Gasteiger partial charge in [0, 0.05) is 60.9 Å². The maximum Gasteiger partial charge on any atom is 0.270 e. The molecule has 5 rings (SSSR count). The van der Waals surface area contributed by atoms with Crippen molar-refractivity contribution in [2.24, 2.45) is 12.0 Å². The molecule has 3 aromatic carbocycles. The lowest BCUT2D eigenvalue weighted by atomic mass is 9.99. The summed E-state index contributed by atoms with van der Waals surface area (Å²) in [5.41, 5.74) is 5.21. The number of aromatic nitrogens is 3. The molecule has 190 valence electrons. The van der Waals surface area contributed by atoms with Gasteiger partial charge in [0.15, 0.2) is 5.88 Å². The van der Waals surface area contributed by atoms with Crippen LogP contribution in [0.2, 0.25) is 0 Å². The van der Waals surface area contributed by atoms with Crippen molar-refractivity contribution in [3.05, 3.63) is 106 Å². The summed E-state index contributed by atoms with van der Waals surface area (Å²) in [7, 11) is 1.90. The Hall–Kier alpha value is -5.25. The van der Waals surface area contributed by atoms with E-state index in [-0.39, 0.29) is 17.5 Å². The van der Waals surface area contributed by atoms with Crippen LogP contribution in [0.4, 0.5) is 11.4 Å². The molecular weight excluding hydrogens is 484 g/mol. The van der Waals surface area contributed by atoms with Crippen LogP contribution in [0.5, 0.6) is 5.88 Å². The number of rotatable bonds is 7. The fourth-order valence-electron chi connectivity index (χ4n) is 4.19. The van der Waals surface area contributed by atoms with E-state index in [9.17, 15) is 20.0 Å². The van der Waals surface area contributed by atoms with Gasteiger partial charge in [-0.05, 0) is 23.8 Å². The number of amides is 1. The number of nitrogens with one attached hydrogen (secondary N) is 2. The Balaban J connectivity index is 1.62. The van der Waals surface area contributed by atoms with E-state index in [1.807, 2.05) is 66.3 Å². The number of nitro groups is 1. The predicted octanol–water partition coefficient (Wildman–Crippen LogP) is 4.99. The molecule has 10 heteroatoms. The van der Waals surface area contributed by atoms with Crippen molar-refractivity contribution in [1.29, 1.82) is 0 Å². The van der Waals surface area contributed by atoms with Crippen molar-refractivity contribution in [2.45, 2.75) is 13.5 Å². The minimum absolute atomic E-state index is 0.0949. The first-order chi connectivity index (χ1) is 18.3. The highest BCUT2D eigenvalue weighted by molar-refractivity contribution is 6.22. The number of H-pyrrole nitrogens is 1. The van der Waals surface area contributed by atoms with Gasteiger partial charge in [0.25, 0.3) is 5.69 Å². The van der Waals surface area contributed by atoms with E-state index < -0.39 is 4.92 Å². The number of hydrogen-bond donors (Lipinski definition) is 3. The van der Waals surface area contributed by atoms with E-state index in [1.165, 1.54) is 19.1 Å². The number of hydrogen-bond acceptors (Lipinski definition) is 6. The highest BCUT2D eigenvalue weighted by Gasteiger charge is 2.21. The summed E-state index contributed by atoms with van der Waals surface area (Å²) in [5, 5.41) is 25.6. The van der Waals surface area contributed by atoms with Gasteiger partial charge in [-0.3, -0.25) is 14.9 Å². The normalized spacial score (nSPS) is 11.6. The van der Waals surface area contributed by atoms with Crippen LogP contribution in [0.3, 0.4) is 0 Å². The molecule has 0 aliphatic carbocycles. The van der Waals surface area contributed by atoms with Gasteiger partial charge in [0.1, 0.15) is 0 Å². The second-order valence-electron chi connectivity index (χ2n) is 8.87. The van der Waals surface area contributed by atoms with Crippen LogP contribution in [0.25, 0.3) is 22.2 Å². The van der Waals surface area contributed by atoms with Crippen LogP contribution < -0.4 is 5.32 Å². The monoisotopic (exact) mass is 508 g/mol. The van der Waals surface area contributed by atoms with E-state index in [2.05, 4.69) is 15.3 Å². The third-order valence-corrected chi connectivity index (χ3v) is 6.09. The number of non-ortho nitro benzene ring substituents is 1. The summed E-state index contributed by atoms with van der Waals surface area (Å²) in [6.45, 7) is 1.83. The van der Waals surface area contributed by atoms with E-state index >= 15 is 0 Å². The first-order valence-corrected chi connectivity index (χ1v) is 11.8. The number of aromatic amines is 1. The summed E-state index contributed by atoms with van der Waals surface area (Å²) in [6, 6.07) is 19.3. The smallest absolute Gasteiger partial charge is 0.270 e. The molecule has 1 amide bonds. The average molecular weight is 509 g/mol. The fraction of sp³-hybridized carbons (Fsp3) is 0.107. The zero-order chi connectivity index (χ0) is 26.8. The van der Waals surface area contributed by atoms with Gasteiger partial charge >= 0.3 is 0 Å². The first kappa shape index (κ1) is 24.4.